The van der Waals surface area contributed by atoms with E-state index in [2.05, 4.69) is 4.98 Å². The first-order chi connectivity index (χ1) is 9.47. The molecule has 0 saturated heterocycles. The molecule has 0 aliphatic carbocycles. The molecule has 0 radical (unpaired) electrons. The lowest BCUT2D eigenvalue weighted by molar-refractivity contribution is -0.137. The molecular formula is C15H14F3NO. The molecule has 0 bridgehead atoms. The Balaban J connectivity index is 2.04. The van der Waals surface area contributed by atoms with Crippen LogP contribution < -0.4 is 0 Å². The summed E-state index contributed by atoms with van der Waals surface area (Å²) in [5, 5.41) is 9.98. The summed E-state index contributed by atoms with van der Waals surface area (Å²) in [4.78, 5) is 3.95. The van der Waals surface area contributed by atoms with Crippen LogP contribution in [0.2, 0.25) is 0 Å². The molecule has 1 aromatic carbocycles. The normalized spacial score (nSPS) is 13.2. The van der Waals surface area contributed by atoms with Gasteiger partial charge in [0, 0.05) is 12.4 Å². The number of aryl methyl sites for hydroxylation is 1. The third-order valence-electron chi connectivity index (χ3n) is 3.03. The van der Waals surface area contributed by atoms with Gasteiger partial charge in [0.1, 0.15) is 0 Å². The van der Waals surface area contributed by atoms with Gasteiger partial charge in [-0.3, -0.25) is 4.98 Å². The average molecular weight is 281 g/mol. The monoisotopic (exact) mass is 281 g/mol. The molecule has 106 valence electrons. The molecule has 0 saturated carbocycles. The Morgan fingerprint density at radius 1 is 1.15 bits per heavy atom. The summed E-state index contributed by atoms with van der Waals surface area (Å²) in [6.07, 6.45) is -1.07. The van der Waals surface area contributed by atoms with Crippen molar-refractivity contribution in [1.29, 1.82) is 0 Å². The second-order valence-electron chi connectivity index (χ2n) is 4.54. The Labute approximate surface area is 114 Å². The van der Waals surface area contributed by atoms with Crippen molar-refractivity contribution in [1.82, 2.24) is 4.98 Å². The van der Waals surface area contributed by atoms with Crippen molar-refractivity contribution >= 4 is 0 Å². The number of nitrogens with zero attached hydrogens (tertiary/aromatic N) is 1. The lowest BCUT2D eigenvalue weighted by Gasteiger charge is -2.13. The molecule has 1 aromatic heterocycles. The predicted octanol–water partition coefficient (Wildman–Crippen LogP) is 3.77. The number of alkyl halides is 3. The molecule has 0 fully saturated rings. The second kappa shape index (κ2) is 6.05. The number of halogens is 3. The van der Waals surface area contributed by atoms with Crippen LogP contribution in [0.4, 0.5) is 13.2 Å². The van der Waals surface area contributed by atoms with Crippen LogP contribution in [0.15, 0.2) is 48.8 Å². The maximum atomic E-state index is 12.6. The summed E-state index contributed by atoms with van der Waals surface area (Å²) in [6.45, 7) is 0. The number of aliphatic hydroxyl groups is 1. The van der Waals surface area contributed by atoms with Crippen LogP contribution in [-0.2, 0) is 12.6 Å². The van der Waals surface area contributed by atoms with Crippen LogP contribution in [0.5, 0.6) is 0 Å². The topological polar surface area (TPSA) is 33.1 Å². The largest absolute Gasteiger partial charge is 0.416 e. The molecule has 20 heavy (non-hydrogen) atoms. The number of aliphatic hydroxyl groups excluding tert-OH is 1. The molecular weight excluding hydrogens is 267 g/mol. The van der Waals surface area contributed by atoms with Gasteiger partial charge in [-0.1, -0.05) is 18.2 Å². The van der Waals surface area contributed by atoms with Gasteiger partial charge in [-0.25, -0.2) is 0 Å². The van der Waals surface area contributed by atoms with E-state index in [9.17, 15) is 18.3 Å². The van der Waals surface area contributed by atoms with Gasteiger partial charge < -0.3 is 5.11 Å². The second-order valence-corrected chi connectivity index (χ2v) is 4.54. The zero-order valence-corrected chi connectivity index (χ0v) is 10.6. The maximum Gasteiger partial charge on any atom is 0.416 e. The van der Waals surface area contributed by atoms with E-state index in [0.29, 0.717) is 12.8 Å². The van der Waals surface area contributed by atoms with Crippen molar-refractivity contribution in [3.63, 3.8) is 0 Å². The standard InChI is InChI=1S/C15H14F3NO/c16-15(17,18)13-5-1-4-12(9-13)14(20)7-6-11-3-2-8-19-10-11/h1-5,8-10,14,20H,6-7H2. The smallest absolute Gasteiger partial charge is 0.388 e. The summed E-state index contributed by atoms with van der Waals surface area (Å²) >= 11 is 0. The molecule has 5 heteroatoms. The molecule has 2 aromatic rings. The SMILES string of the molecule is OC(CCc1cccnc1)c1cccc(C(F)(F)F)c1. The van der Waals surface area contributed by atoms with Crippen LogP contribution in [0, 0.1) is 0 Å². The highest BCUT2D eigenvalue weighted by Crippen LogP contribution is 2.31. The zero-order chi connectivity index (χ0) is 14.6. The van der Waals surface area contributed by atoms with Crippen LogP contribution in [-0.4, -0.2) is 10.1 Å². The van der Waals surface area contributed by atoms with Gasteiger partial charge in [-0.05, 0) is 42.2 Å². The third kappa shape index (κ3) is 3.81. The quantitative estimate of drug-likeness (QED) is 0.925. The number of benzene rings is 1. The first-order valence-corrected chi connectivity index (χ1v) is 6.21. The van der Waals surface area contributed by atoms with Crippen LogP contribution in [0.25, 0.3) is 0 Å². The highest BCUT2D eigenvalue weighted by Gasteiger charge is 2.30. The van der Waals surface area contributed by atoms with Gasteiger partial charge in [0.15, 0.2) is 0 Å². The fourth-order valence-corrected chi connectivity index (χ4v) is 1.94. The minimum atomic E-state index is -4.39. The Kier molecular flexibility index (Phi) is 4.39. The molecule has 0 aliphatic heterocycles. The summed E-state index contributed by atoms with van der Waals surface area (Å²) in [6, 6.07) is 8.46. The number of aromatic nitrogens is 1. The van der Waals surface area contributed by atoms with Crippen molar-refractivity contribution in [3.05, 3.63) is 65.5 Å². The summed E-state index contributed by atoms with van der Waals surface area (Å²) < 4.78 is 37.8. The van der Waals surface area contributed by atoms with E-state index in [-0.39, 0.29) is 5.56 Å². The summed E-state index contributed by atoms with van der Waals surface area (Å²) in [5.41, 5.74) is 0.484. The summed E-state index contributed by atoms with van der Waals surface area (Å²) in [7, 11) is 0. The fourth-order valence-electron chi connectivity index (χ4n) is 1.94. The number of rotatable bonds is 4. The van der Waals surface area contributed by atoms with Gasteiger partial charge in [0.25, 0.3) is 0 Å². The molecule has 2 rings (SSSR count). The average Bonchev–Trinajstić information content (AvgIpc) is 2.45. The van der Waals surface area contributed by atoms with Gasteiger partial charge in [0.05, 0.1) is 11.7 Å². The molecule has 0 aliphatic rings. The third-order valence-corrected chi connectivity index (χ3v) is 3.03. The molecule has 1 atom stereocenters. The van der Waals surface area contributed by atoms with E-state index < -0.39 is 17.8 Å². The maximum absolute atomic E-state index is 12.6. The van der Waals surface area contributed by atoms with Crippen molar-refractivity contribution in [2.45, 2.75) is 25.1 Å². The van der Waals surface area contributed by atoms with Gasteiger partial charge in [-0.2, -0.15) is 13.2 Å². The van der Waals surface area contributed by atoms with Crippen LogP contribution in [0.1, 0.15) is 29.2 Å². The molecule has 0 spiro atoms. The van der Waals surface area contributed by atoms with Crippen LogP contribution in [0.3, 0.4) is 0 Å². The molecule has 1 unspecified atom stereocenters. The zero-order valence-electron chi connectivity index (χ0n) is 10.6. The molecule has 1 N–H and O–H groups in total. The van der Waals surface area contributed by atoms with Crippen molar-refractivity contribution in [3.8, 4) is 0 Å². The van der Waals surface area contributed by atoms with Gasteiger partial charge in [-0.15, -0.1) is 0 Å². The fraction of sp³-hybridized carbons (Fsp3) is 0.267. The lowest BCUT2D eigenvalue weighted by atomic mass is 10.0. The van der Waals surface area contributed by atoms with Gasteiger partial charge >= 0.3 is 6.18 Å². The molecule has 0 amide bonds. The Bertz CT molecular complexity index is 555. The Morgan fingerprint density at radius 3 is 2.60 bits per heavy atom. The number of pyridine rings is 1. The van der Waals surface area contributed by atoms with E-state index in [4.69, 9.17) is 0 Å². The number of hydrogen-bond donors (Lipinski definition) is 1. The predicted molar refractivity (Wildman–Crippen MR) is 69.0 cm³/mol. The van der Waals surface area contributed by atoms with E-state index in [1.165, 1.54) is 12.1 Å². The van der Waals surface area contributed by atoms with E-state index in [0.717, 1.165) is 17.7 Å². The van der Waals surface area contributed by atoms with Crippen molar-refractivity contribution in [2.75, 3.05) is 0 Å². The molecule has 2 nitrogen and oxygen atoms in total. The Hall–Kier alpha value is -1.88. The molecule has 1 heterocycles. The minimum absolute atomic E-state index is 0.281. The highest BCUT2D eigenvalue weighted by atomic mass is 19.4. The lowest BCUT2D eigenvalue weighted by Crippen LogP contribution is -2.07. The van der Waals surface area contributed by atoms with Crippen molar-refractivity contribution in [2.24, 2.45) is 0 Å². The number of hydrogen-bond acceptors (Lipinski definition) is 2. The van der Waals surface area contributed by atoms with Gasteiger partial charge in [0.2, 0.25) is 0 Å². The highest BCUT2D eigenvalue weighted by molar-refractivity contribution is 5.27. The summed E-state index contributed by atoms with van der Waals surface area (Å²) in [5.74, 6) is 0. The first kappa shape index (κ1) is 14.5. The van der Waals surface area contributed by atoms with E-state index >= 15 is 0 Å². The Morgan fingerprint density at radius 2 is 1.95 bits per heavy atom. The van der Waals surface area contributed by atoms with Crippen LogP contribution >= 0.6 is 0 Å². The van der Waals surface area contributed by atoms with E-state index in [1.807, 2.05) is 6.07 Å². The minimum Gasteiger partial charge on any atom is -0.388 e. The van der Waals surface area contributed by atoms with Crippen molar-refractivity contribution < 1.29 is 18.3 Å². The first-order valence-electron chi connectivity index (χ1n) is 6.21. The van der Waals surface area contributed by atoms with E-state index in [1.54, 1.807) is 18.5 Å².